The molecule has 0 atom stereocenters. The summed E-state index contributed by atoms with van der Waals surface area (Å²) in [5.74, 6) is -0.303. The van der Waals surface area contributed by atoms with Gasteiger partial charge in [0.05, 0.1) is 15.5 Å². The van der Waals surface area contributed by atoms with Gasteiger partial charge in [0.25, 0.3) is 10.0 Å². The van der Waals surface area contributed by atoms with Crippen LogP contribution in [0.4, 0.5) is 5.69 Å². The molecule has 0 radical (unpaired) electrons. The van der Waals surface area contributed by atoms with Crippen molar-refractivity contribution in [2.75, 3.05) is 11.4 Å². The van der Waals surface area contributed by atoms with Crippen molar-refractivity contribution in [1.29, 1.82) is 0 Å². The van der Waals surface area contributed by atoms with E-state index >= 15 is 0 Å². The summed E-state index contributed by atoms with van der Waals surface area (Å²) < 4.78 is 26.1. The molecular weight excluding hydrogens is 330 g/mol. The van der Waals surface area contributed by atoms with Gasteiger partial charge in [-0.25, -0.2) is 8.42 Å². The molecule has 1 aromatic rings. The van der Waals surface area contributed by atoms with E-state index in [-0.39, 0.29) is 16.3 Å². The number of thiophene rings is 1. The molecule has 112 valence electrons. The van der Waals surface area contributed by atoms with E-state index in [4.69, 9.17) is 11.6 Å². The lowest BCUT2D eigenvalue weighted by Crippen LogP contribution is -2.26. The summed E-state index contributed by atoms with van der Waals surface area (Å²) in [6.07, 6.45) is 4.64. The molecule has 0 saturated heterocycles. The van der Waals surface area contributed by atoms with Crippen LogP contribution in [0, 0.1) is 0 Å². The first-order valence-corrected chi connectivity index (χ1v) is 8.82. The number of carbonyl (C=O) groups is 1. The molecule has 0 spiro atoms. The van der Waals surface area contributed by atoms with Gasteiger partial charge < -0.3 is 0 Å². The minimum absolute atomic E-state index is 0.0234. The molecule has 4 nitrogen and oxygen atoms in total. The number of nitrogens with zero attached hydrogens (tertiary/aromatic N) is 1. The maximum absolute atomic E-state index is 12.6. The van der Waals surface area contributed by atoms with E-state index in [9.17, 15) is 13.2 Å². The number of halogens is 1. The number of rotatable bonds is 2. The highest BCUT2D eigenvalue weighted by atomic mass is 35.5. The summed E-state index contributed by atoms with van der Waals surface area (Å²) in [7, 11) is -2.26. The monoisotopic (exact) mass is 343 g/mol. The van der Waals surface area contributed by atoms with Crippen molar-refractivity contribution in [3.8, 4) is 0 Å². The minimum Gasteiger partial charge on any atom is -0.288 e. The van der Waals surface area contributed by atoms with Crippen molar-refractivity contribution in [2.24, 2.45) is 0 Å². The molecular formula is C14H14ClNO3S2. The number of ketones is 1. The molecule has 1 aliphatic heterocycles. The molecule has 21 heavy (non-hydrogen) atoms. The molecule has 0 N–H and O–H groups in total. The standard InChI is InChI=1S/C14H14ClNO3S2/c1-4-10(15)5-6-11-9(2)21(18,19)16(3)12-7-8-20-14(12)13(11)17/h4-8H,1-3H3/b6-5-,10-4+. The lowest BCUT2D eigenvalue weighted by Gasteiger charge is -2.17. The molecule has 0 fully saturated rings. The zero-order valence-corrected chi connectivity index (χ0v) is 14.1. The topological polar surface area (TPSA) is 54.5 Å². The van der Waals surface area contributed by atoms with Crippen molar-refractivity contribution in [2.45, 2.75) is 13.8 Å². The van der Waals surface area contributed by atoms with Crippen LogP contribution in [0.2, 0.25) is 0 Å². The van der Waals surface area contributed by atoms with E-state index in [1.807, 2.05) is 0 Å². The van der Waals surface area contributed by atoms with E-state index in [1.165, 1.54) is 37.5 Å². The fourth-order valence-corrected chi connectivity index (χ4v) is 4.19. The molecule has 0 bridgehead atoms. The van der Waals surface area contributed by atoms with E-state index in [1.54, 1.807) is 24.4 Å². The number of hydrogen-bond acceptors (Lipinski definition) is 4. The molecule has 1 aromatic heterocycles. The first-order chi connectivity index (χ1) is 9.80. The third-order valence-corrected chi connectivity index (χ3v) is 6.40. The van der Waals surface area contributed by atoms with Gasteiger partial charge in [-0.05, 0) is 37.4 Å². The Morgan fingerprint density at radius 1 is 1.43 bits per heavy atom. The molecule has 0 amide bonds. The molecule has 1 aliphatic rings. The van der Waals surface area contributed by atoms with Gasteiger partial charge in [0, 0.05) is 17.7 Å². The van der Waals surface area contributed by atoms with Crippen LogP contribution >= 0.6 is 22.9 Å². The van der Waals surface area contributed by atoms with Crippen LogP contribution < -0.4 is 4.31 Å². The molecule has 7 heteroatoms. The molecule has 2 rings (SSSR count). The normalized spacial score (nSPS) is 19.1. The smallest absolute Gasteiger partial charge is 0.260 e. The van der Waals surface area contributed by atoms with E-state index in [2.05, 4.69) is 0 Å². The molecule has 0 saturated carbocycles. The minimum atomic E-state index is -3.71. The Morgan fingerprint density at radius 3 is 2.71 bits per heavy atom. The highest BCUT2D eigenvalue weighted by molar-refractivity contribution is 7.96. The van der Waals surface area contributed by atoms with Crippen molar-refractivity contribution in [1.82, 2.24) is 0 Å². The Labute approximate surface area is 133 Å². The SMILES string of the molecule is C/C=C(Cl)\C=C/C1=C(C)S(=O)(=O)N(C)c2ccsc2C1=O. The summed E-state index contributed by atoms with van der Waals surface area (Å²) in [6, 6.07) is 1.63. The number of sulfonamides is 1. The Kier molecular flexibility index (Phi) is 4.41. The van der Waals surface area contributed by atoms with Crippen molar-refractivity contribution in [3.63, 3.8) is 0 Å². The average Bonchev–Trinajstić information content (AvgIpc) is 2.92. The second-order valence-corrected chi connectivity index (χ2v) is 7.88. The summed E-state index contributed by atoms with van der Waals surface area (Å²) in [5.41, 5.74) is 0.549. The van der Waals surface area contributed by atoms with Crippen LogP contribution in [-0.2, 0) is 10.0 Å². The summed E-state index contributed by atoms with van der Waals surface area (Å²) in [6.45, 7) is 3.19. The molecule has 0 aliphatic carbocycles. The van der Waals surface area contributed by atoms with E-state index < -0.39 is 10.0 Å². The van der Waals surface area contributed by atoms with Gasteiger partial charge >= 0.3 is 0 Å². The number of carbonyl (C=O) groups excluding carboxylic acids is 1. The first kappa shape index (κ1) is 16.0. The number of Topliss-reactive ketones (excluding diaryl/α,β-unsaturated/α-hetero) is 1. The van der Waals surface area contributed by atoms with Crippen LogP contribution in [0.15, 0.2) is 45.2 Å². The zero-order valence-electron chi connectivity index (χ0n) is 11.8. The fraction of sp³-hybridized carbons (Fsp3) is 0.214. The van der Waals surface area contributed by atoms with E-state index in [0.29, 0.717) is 15.6 Å². The lowest BCUT2D eigenvalue weighted by molar-refractivity contribution is 0.104. The number of allylic oxidation sites excluding steroid dienone is 6. The number of hydrogen-bond donors (Lipinski definition) is 0. The average molecular weight is 344 g/mol. The van der Waals surface area contributed by atoms with Crippen molar-refractivity contribution < 1.29 is 13.2 Å². The van der Waals surface area contributed by atoms with E-state index in [0.717, 1.165) is 4.31 Å². The largest absolute Gasteiger partial charge is 0.288 e. The molecule has 0 aromatic carbocycles. The third-order valence-electron chi connectivity index (χ3n) is 3.25. The molecule has 2 heterocycles. The van der Waals surface area contributed by atoms with Gasteiger partial charge in [0.2, 0.25) is 5.78 Å². The van der Waals surface area contributed by atoms with Gasteiger partial charge in [-0.2, -0.15) is 0 Å². The quantitative estimate of drug-likeness (QED) is 0.770. The predicted molar refractivity (Wildman–Crippen MR) is 87.4 cm³/mol. The lowest BCUT2D eigenvalue weighted by atomic mass is 10.1. The van der Waals surface area contributed by atoms with Gasteiger partial charge in [-0.3, -0.25) is 9.10 Å². The molecule has 0 unspecified atom stereocenters. The number of fused-ring (bicyclic) bond motifs is 1. The first-order valence-electron chi connectivity index (χ1n) is 6.12. The second kappa shape index (κ2) is 5.79. The van der Waals surface area contributed by atoms with Gasteiger partial charge in [-0.15, -0.1) is 11.3 Å². The maximum atomic E-state index is 12.6. The highest BCUT2D eigenvalue weighted by Gasteiger charge is 2.33. The zero-order chi connectivity index (χ0) is 15.8. The fourth-order valence-electron chi connectivity index (χ4n) is 1.93. The Balaban J connectivity index is 2.70. The van der Waals surface area contributed by atoms with Crippen LogP contribution in [0.3, 0.4) is 0 Å². The van der Waals surface area contributed by atoms with Gasteiger partial charge in [0.15, 0.2) is 0 Å². The third kappa shape index (κ3) is 2.71. The Morgan fingerprint density at radius 2 is 2.10 bits per heavy atom. The van der Waals surface area contributed by atoms with Crippen LogP contribution in [-0.4, -0.2) is 21.2 Å². The van der Waals surface area contributed by atoms with Gasteiger partial charge in [-0.1, -0.05) is 17.7 Å². The Bertz CT molecular complexity index is 785. The maximum Gasteiger partial charge on any atom is 0.260 e. The summed E-state index contributed by atoms with van der Waals surface area (Å²) in [4.78, 5) is 13.0. The van der Waals surface area contributed by atoms with Crippen LogP contribution in [0.25, 0.3) is 0 Å². The van der Waals surface area contributed by atoms with Crippen LogP contribution in [0.5, 0.6) is 0 Å². The second-order valence-electron chi connectivity index (χ2n) is 4.41. The van der Waals surface area contributed by atoms with Crippen molar-refractivity contribution in [3.05, 3.63) is 50.1 Å². The summed E-state index contributed by atoms with van der Waals surface area (Å²) in [5, 5.41) is 2.14. The number of anilines is 1. The predicted octanol–water partition coefficient (Wildman–Crippen LogP) is 3.68. The highest BCUT2D eigenvalue weighted by Crippen LogP contribution is 2.36. The Hall–Kier alpha value is -1.37. The van der Waals surface area contributed by atoms with Crippen molar-refractivity contribution >= 4 is 44.4 Å². The van der Waals surface area contributed by atoms with Gasteiger partial charge in [0.1, 0.15) is 0 Å². The van der Waals surface area contributed by atoms with Crippen LogP contribution in [0.1, 0.15) is 23.5 Å². The summed E-state index contributed by atoms with van der Waals surface area (Å²) >= 11 is 7.11.